The lowest BCUT2D eigenvalue weighted by Crippen LogP contribution is -2.13. The maximum atomic E-state index is 11.0. The number of nitrogens with zero attached hydrogens (tertiary/aromatic N) is 3. The van der Waals surface area contributed by atoms with E-state index in [9.17, 15) is 4.79 Å². The highest BCUT2D eigenvalue weighted by atomic mass is 35.5. The van der Waals surface area contributed by atoms with Crippen LogP contribution in [0.25, 0.3) is 5.65 Å². The van der Waals surface area contributed by atoms with Gasteiger partial charge in [0.15, 0.2) is 5.65 Å². The maximum Gasteiger partial charge on any atom is 0.302 e. The van der Waals surface area contributed by atoms with Crippen LogP contribution in [0.3, 0.4) is 0 Å². The number of ether oxygens (including phenoxy) is 2. The molecule has 26 heavy (non-hydrogen) atoms. The molecule has 1 unspecified atom stereocenters. The van der Waals surface area contributed by atoms with E-state index < -0.39 is 0 Å². The molecule has 0 radical (unpaired) electrons. The first-order valence-electron chi connectivity index (χ1n) is 8.06. The molecule has 136 valence electrons. The van der Waals surface area contributed by atoms with Crippen LogP contribution in [0, 0.1) is 0 Å². The minimum Gasteiger partial charge on any atom is -0.463 e. The number of esters is 1. The first kappa shape index (κ1) is 18.5. The summed E-state index contributed by atoms with van der Waals surface area (Å²) in [5.74, 6) is 0.663. The van der Waals surface area contributed by atoms with Gasteiger partial charge < -0.3 is 9.47 Å². The van der Waals surface area contributed by atoms with E-state index in [4.69, 9.17) is 32.7 Å². The molecule has 0 bridgehead atoms. The van der Waals surface area contributed by atoms with Crippen LogP contribution in [0.5, 0.6) is 11.6 Å². The number of carbonyl (C=O) groups excluding carboxylic acids is 1. The monoisotopic (exact) mass is 393 g/mol. The lowest BCUT2D eigenvalue weighted by atomic mass is 10.1. The third-order valence-corrected chi connectivity index (χ3v) is 4.19. The van der Waals surface area contributed by atoms with Crippen LogP contribution >= 0.6 is 23.2 Å². The van der Waals surface area contributed by atoms with E-state index in [-0.39, 0.29) is 12.1 Å². The van der Waals surface area contributed by atoms with Gasteiger partial charge in [-0.1, -0.05) is 23.2 Å². The number of fused-ring (bicyclic) bond motifs is 1. The van der Waals surface area contributed by atoms with Gasteiger partial charge in [0.1, 0.15) is 5.75 Å². The number of hydrogen-bond donors (Lipinski definition) is 0. The second-order valence-electron chi connectivity index (χ2n) is 5.82. The lowest BCUT2D eigenvalue weighted by molar-refractivity contribution is -0.145. The molecule has 0 aliphatic carbocycles. The molecule has 0 amide bonds. The normalized spacial score (nSPS) is 12.2. The first-order valence-corrected chi connectivity index (χ1v) is 8.82. The van der Waals surface area contributed by atoms with Gasteiger partial charge in [0, 0.05) is 29.8 Å². The van der Waals surface area contributed by atoms with E-state index in [2.05, 4.69) is 10.1 Å². The molecule has 3 aromatic rings. The summed E-state index contributed by atoms with van der Waals surface area (Å²) in [4.78, 5) is 15.6. The van der Waals surface area contributed by atoms with Crippen molar-refractivity contribution in [2.24, 2.45) is 0 Å². The Kier molecular flexibility index (Phi) is 5.64. The molecule has 6 nitrogen and oxygen atoms in total. The Labute approximate surface area is 160 Å². The highest BCUT2D eigenvalue weighted by Crippen LogP contribution is 2.32. The molecule has 0 spiro atoms. The van der Waals surface area contributed by atoms with E-state index in [0.717, 1.165) is 5.69 Å². The summed E-state index contributed by atoms with van der Waals surface area (Å²) in [6.45, 7) is 3.25. The standard InChI is InChI=1S/C18H17Cl2N3O3/c1-11(25-12(2)24)3-5-14-10-18(23-17(22-14)7-8-21-23)26-16-6-4-13(19)9-15(16)20/h4,6-11H,3,5H2,1-2H3. The van der Waals surface area contributed by atoms with Gasteiger partial charge in [-0.25, -0.2) is 4.98 Å². The van der Waals surface area contributed by atoms with Gasteiger partial charge >= 0.3 is 5.97 Å². The molecule has 0 saturated heterocycles. The number of aryl methyl sites for hydroxylation is 1. The summed E-state index contributed by atoms with van der Waals surface area (Å²) in [6, 6.07) is 8.59. The van der Waals surface area contributed by atoms with Crippen LogP contribution in [-0.2, 0) is 16.0 Å². The van der Waals surface area contributed by atoms with Crippen molar-refractivity contribution in [3.05, 3.63) is 52.3 Å². The third kappa shape index (κ3) is 4.45. The zero-order valence-corrected chi connectivity index (χ0v) is 15.8. The van der Waals surface area contributed by atoms with Crippen molar-refractivity contribution in [1.82, 2.24) is 14.6 Å². The summed E-state index contributed by atoms with van der Waals surface area (Å²) in [5.41, 5.74) is 1.46. The van der Waals surface area contributed by atoms with Crippen molar-refractivity contribution in [2.45, 2.75) is 32.8 Å². The first-order chi connectivity index (χ1) is 12.4. The predicted molar refractivity (Wildman–Crippen MR) is 99.1 cm³/mol. The van der Waals surface area contributed by atoms with Gasteiger partial charge in [0.2, 0.25) is 5.88 Å². The van der Waals surface area contributed by atoms with Gasteiger partial charge in [-0.2, -0.15) is 9.61 Å². The Balaban J connectivity index is 1.85. The number of halogens is 2. The van der Waals surface area contributed by atoms with Crippen LogP contribution in [0.4, 0.5) is 0 Å². The summed E-state index contributed by atoms with van der Waals surface area (Å²) < 4.78 is 12.7. The average molecular weight is 394 g/mol. The van der Waals surface area contributed by atoms with E-state index in [1.807, 2.05) is 6.92 Å². The minimum atomic E-state index is -0.293. The summed E-state index contributed by atoms with van der Waals surface area (Å²) in [5, 5.41) is 5.16. The molecule has 1 aromatic carbocycles. The Morgan fingerprint density at radius 3 is 2.81 bits per heavy atom. The fraction of sp³-hybridized carbons (Fsp3) is 0.278. The van der Waals surface area contributed by atoms with Gasteiger partial charge in [-0.05, 0) is 38.0 Å². The van der Waals surface area contributed by atoms with Crippen LogP contribution in [0.1, 0.15) is 26.0 Å². The van der Waals surface area contributed by atoms with Gasteiger partial charge in [-0.15, -0.1) is 0 Å². The topological polar surface area (TPSA) is 65.7 Å². The fourth-order valence-corrected chi connectivity index (χ4v) is 2.95. The third-order valence-electron chi connectivity index (χ3n) is 3.66. The van der Waals surface area contributed by atoms with E-state index in [1.165, 1.54) is 6.92 Å². The number of rotatable bonds is 6. The average Bonchev–Trinajstić information content (AvgIpc) is 3.03. The van der Waals surface area contributed by atoms with Crippen molar-refractivity contribution in [3.63, 3.8) is 0 Å². The zero-order chi connectivity index (χ0) is 18.7. The number of aromatic nitrogens is 3. The Morgan fingerprint density at radius 1 is 1.27 bits per heavy atom. The van der Waals surface area contributed by atoms with Gasteiger partial charge in [0.05, 0.1) is 17.3 Å². The summed E-state index contributed by atoms with van der Waals surface area (Å²) in [6.07, 6.45) is 2.73. The Morgan fingerprint density at radius 2 is 2.08 bits per heavy atom. The predicted octanol–water partition coefficient (Wildman–Crippen LogP) is 4.71. The van der Waals surface area contributed by atoms with Crippen LogP contribution in [-0.4, -0.2) is 26.7 Å². The highest BCUT2D eigenvalue weighted by Gasteiger charge is 2.13. The van der Waals surface area contributed by atoms with Crippen molar-refractivity contribution >= 4 is 34.8 Å². The molecular formula is C18H17Cl2N3O3. The fourth-order valence-electron chi connectivity index (χ4n) is 2.50. The molecule has 2 aromatic heterocycles. The molecule has 0 saturated carbocycles. The second-order valence-corrected chi connectivity index (χ2v) is 6.67. The highest BCUT2D eigenvalue weighted by molar-refractivity contribution is 6.35. The molecule has 0 fully saturated rings. The second kappa shape index (κ2) is 7.93. The van der Waals surface area contributed by atoms with Gasteiger partial charge in [-0.3, -0.25) is 4.79 Å². The molecular weight excluding hydrogens is 377 g/mol. The quantitative estimate of drug-likeness (QED) is 0.567. The van der Waals surface area contributed by atoms with Crippen LogP contribution in [0.2, 0.25) is 10.0 Å². The van der Waals surface area contributed by atoms with Crippen molar-refractivity contribution in [1.29, 1.82) is 0 Å². The molecule has 0 aliphatic rings. The summed E-state index contributed by atoms with van der Waals surface area (Å²) in [7, 11) is 0. The summed E-state index contributed by atoms with van der Waals surface area (Å²) >= 11 is 12.1. The number of carbonyl (C=O) groups is 1. The Hall–Kier alpha value is -2.31. The van der Waals surface area contributed by atoms with Crippen molar-refractivity contribution < 1.29 is 14.3 Å². The largest absolute Gasteiger partial charge is 0.463 e. The molecule has 2 heterocycles. The molecule has 8 heteroatoms. The van der Waals surface area contributed by atoms with Crippen LogP contribution in [0.15, 0.2) is 36.5 Å². The molecule has 1 atom stereocenters. The van der Waals surface area contributed by atoms with E-state index in [0.29, 0.717) is 40.2 Å². The lowest BCUT2D eigenvalue weighted by Gasteiger charge is -2.13. The number of benzene rings is 1. The van der Waals surface area contributed by atoms with Gasteiger partial charge in [0.25, 0.3) is 0 Å². The zero-order valence-electron chi connectivity index (χ0n) is 14.3. The Bertz CT molecular complexity index is 943. The number of hydrogen-bond acceptors (Lipinski definition) is 5. The smallest absolute Gasteiger partial charge is 0.302 e. The molecule has 0 N–H and O–H groups in total. The van der Waals surface area contributed by atoms with Crippen LogP contribution < -0.4 is 4.74 Å². The van der Waals surface area contributed by atoms with E-state index >= 15 is 0 Å². The SMILES string of the molecule is CC(=O)OC(C)CCc1cc(Oc2ccc(Cl)cc2Cl)n2nccc2n1. The van der Waals surface area contributed by atoms with Crippen molar-refractivity contribution in [3.8, 4) is 11.6 Å². The minimum absolute atomic E-state index is 0.189. The molecule has 3 rings (SSSR count). The van der Waals surface area contributed by atoms with E-state index in [1.54, 1.807) is 41.0 Å². The van der Waals surface area contributed by atoms with Crippen molar-refractivity contribution in [2.75, 3.05) is 0 Å². The maximum absolute atomic E-state index is 11.0. The molecule has 0 aliphatic heterocycles.